The largest absolute Gasteiger partial charge is 0.299 e. The first kappa shape index (κ1) is 25.9. The molecular formula is C32H30ClNO. The van der Waals surface area contributed by atoms with Crippen LogP contribution in [0.25, 0.3) is 22.3 Å². The van der Waals surface area contributed by atoms with E-state index in [4.69, 9.17) is 11.6 Å². The summed E-state index contributed by atoms with van der Waals surface area (Å²) in [6.07, 6.45) is 5.51. The van der Waals surface area contributed by atoms with E-state index < -0.39 is 0 Å². The normalized spacial score (nSPS) is 12.7. The van der Waals surface area contributed by atoms with Crippen LogP contribution in [0, 0.1) is 25.2 Å². The first-order valence-electron chi connectivity index (χ1n) is 11.9. The minimum absolute atomic E-state index is 0.660. The Morgan fingerprint density at radius 1 is 0.943 bits per heavy atom. The van der Waals surface area contributed by atoms with Crippen LogP contribution < -0.4 is 0 Å². The molecule has 0 spiro atoms. The molecular weight excluding hydrogens is 450 g/mol. The molecule has 0 radical (unpaired) electrons. The van der Waals surface area contributed by atoms with Crippen LogP contribution in [0.4, 0.5) is 0 Å². The van der Waals surface area contributed by atoms with Gasteiger partial charge in [-0.3, -0.25) is 4.79 Å². The van der Waals surface area contributed by atoms with E-state index >= 15 is 0 Å². The van der Waals surface area contributed by atoms with Crippen LogP contribution >= 0.6 is 11.6 Å². The van der Waals surface area contributed by atoms with Crippen LogP contribution in [0.3, 0.4) is 0 Å². The Balaban J connectivity index is 2.40. The van der Waals surface area contributed by atoms with Gasteiger partial charge in [-0.2, -0.15) is 5.26 Å². The van der Waals surface area contributed by atoms with E-state index in [1.807, 2.05) is 43.3 Å². The first-order chi connectivity index (χ1) is 16.9. The second-order valence-corrected chi connectivity index (χ2v) is 8.82. The Hall–Kier alpha value is -3.67. The number of aldehydes is 1. The number of carbonyl (C=O) groups excluding carboxylic acids is 1. The third-order valence-corrected chi connectivity index (χ3v) is 6.58. The second-order valence-electron chi connectivity index (χ2n) is 8.45. The predicted octanol–water partition coefficient (Wildman–Crippen LogP) is 8.77. The Bertz CT molecular complexity index is 1350. The Morgan fingerprint density at radius 3 is 2.26 bits per heavy atom. The number of rotatable bonds is 8. The third kappa shape index (κ3) is 5.88. The van der Waals surface area contributed by atoms with Crippen molar-refractivity contribution in [3.05, 3.63) is 117 Å². The second kappa shape index (κ2) is 12.2. The fraction of sp³-hybridized carbons (Fsp3) is 0.188. The average molecular weight is 480 g/mol. The van der Waals surface area contributed by atoms with Crippen LogP contribution in [-0.2, 0) is 4.79 Å². The molecule has 0 saturated heterocycles. The van der Waals surface area contributed by atoms with Crippen molar-refractivity contribution in [2.24, 2.45) is 0 Å². The van der Waals surface area contributed by atoms with Crippen LogP contribution in [-0.4, -0.2) is 6.29 Å². The zero-order valence-electron chi connectivity index (χ0n) is 20.7. The Morgan fingerprint density at radius 2 is 1.66 bits per heavy atom. The van der Waals surface area contributed by atoms with Crippen molar-refractivity contribution in [3.63, 3.8) is 0 Å². The lowest BCUT2D eigenvalue weighted by atomic mass is 9.84. The average Bonchev–Trinajstić information content (AvgIpc) is 2.88. The van der Waals surface area contributed by atoms with E-state index in [9.17, 15) is 10.1 Å². The summed E-state index contributed by atoms with van der Waals surface area (Å²) >= 11 is 7.14. The molecule has 3 aromatic rings. The number of halogens is 1. The van der Waals surface area contributed by atoms with Crippen molar-refractivity contribution in [2.75, 3.05) is 0 Å². The molecule has 0 aliphatic carbocycles. The van der Waals surface area contributed by atoms with Gasteiger partial charge in [-0.15, -0.1) is 0 Å². The van der Waals surface area contributed by atoms with Gasteiger partial charge in [0.25, 0.3) is 0 Å². The Labute approximate surface area is 213 Å². The zero-order chi connectivity index (χ0) is 25.4. The van der Waals surface area contributed by atoms with Gasteiger partial charge >= 0.3 is 0 Å². The van der Waals surface area contributed by atoms with E-state index in [2.05, 4.69) is 57.2 Å². The molecule has 0 aliphatic heterocycles. The zero-order valence-corrected chi connectivity index (χ0v) is 21.5. The molecule has 0 aromatic heterocycles. The van der Waals surface area contributed by atoms with Gasteiger partial charge in [0.2, 0.25) is 0 Å². The van der Waals surface area contributed by atoms with Crippen LogP contribution in [0.5, 0.6) is 0 Å². The van der Waals surface area contributed by atoms with Crippen molar-refractivity contribution in [3.8, 4) is 6.07 Å². The van der Waals surface area contributed by atoms with E-state index in [-0.39, 0.29) is 0 Å². The predicted molar refractivity (Wildman–Crippen MR) is 149 cm³/mol. The molecule has 0 N–H and O–H groups in total. The van der Waals surface area contributed by atoms with Gasteiger partial charge < -0.3 is 0 Å². The number of allylic oxidation sites excluding steroid dienone is 4. The summed E-state index contributed by atoms with van der Waals surface area (Å²) in [5.74, 6) is 0. The summed E-state index contributed by atoms with van der Waals surface area (Å²) in [5.41, 5.74) is 9.91. The van der Waals surface area contributed by atoms with Crippen LogP contribution in [0.1, 0.15) is 65.6 Å². The maximum atomic E-state index is 10.7. The van der Waals surface area contributed by atoms with Crippen LogP contribution in [0.2, 0.25) is 0 Å². The molecule has 0 bridgehead atoms. The highest BCUT2D eigenvalue weighted by Gasteiger charge is 2.20. The summed E-state index contributed by atoms with van der Waals surface area (Å²) in [6.45, 7) is 8.30. The molecule has 0 heterocycles. The Kier molecular flexibility index (Phi) is 9.01. The molecule has 3 heteroatoms. The quantitative estimate of drug-likeness (QED) is 0.140. The fourth-order valence-electron chi connectivity index (χ4n) is 4.38. The molecule has 0 aliphatic rings. The standard InChI is InChI=1S/C32H30ClNO/c1-5-27(30-18-13-22(3)20-26(30)21-34)31(25-16-14-24(15-17-25)11-9-19-35)28(6-2)32(33)29-12-8-7-10-23(29)4/h7-20H,5-6H2,1-4H3/b11-9+,31-27+,32-28-. The maximum absolute atomic E-state index is 10.7. The van der Waals surface area contributed by atoms with E-state index in [0.29, 0.717) is 5.56 Å². The lowest BCUT2D eigenvalue weighted by Crippen LogP contribution is -2.00. The minimum Gasteiger partial charge on any atom is -0.299 e. The highest BCUT2D eigenvalue weighted by atomic mass is 35.5. The molecule has 0 unspecified atom stereocenters. The van der Waals surface area contributed by atoms with Crippen molar-refractivity contribution in [1.29, 1.82) is 5.26 Å². The number of aryl methyl sites for hydroxylation is 2. The monoisotopic (exact) mass is 479 g/mol. The third-order valence-electron chi connectivity index (χ3n) is 6.14. The van der Waals surface area contributed by atoms with Gasteiger partial charge in [0.05, 0.1) is 16.7 Å². The van der Waals surface area contributed by atoms with Crippen molar-refractivity contribution < 1.29 is 4.79 Å². The fourth-order valence-corrected chi connectivity index (χ4v) is 4.82. The van der Waals surface area contributed by atoms with Gasteiger partial charge in [-0.05, 0) is 88.9 Å². The summed E-state index contributed by atoms with van der Waals surface area (Å²) in [7, 11) is 0. The molecule has 0 atom stereocenters. The molecule has 2 nitrogen and oxygen atoms in total. The van der Waals surface area contributed by atoms with E-state index in [0.717, 1.165) is 74.3 Å². The summed E-state index contributed by atoms with van der Waals surface area (Å²) in [6, 6.07) is 24.7. The number of carbonyl (C=O) groups is 1. The smallest absolute Gasteiger partial charge is 0.142 e. The summed E-state index contributed by atoms with van der Waals surface area (Å²) in [4.78, 5) is 10.7. The van der Waals surface area contributed by atoms with E-state index in [1.54, 1.807) is 6.08 Å². The van der Waals surface area contributed by atoms with Gasteiger partial charge in [-0.1, -0.05) is 92.2 Å². The van der Waals surface area contributed by atoms with Crippen molar-refractivity contribution in [2.45, 2.75) is 40.5 Å². The topological polar surface area (TPSA) is 40.9 Å². The molecule has 0 saturated carbocycles. The molecule has 0 amide bonds. The maximum Gasteiger partial charge on any atom is 0.142 e. The minimum atomic E-state index is 0.660. The lowest BCUT2D eigenvalue weighted by molar-refractivity contribution is -0.104. The van der Waals surface area contributed by atoms with Gasteiger partial charge in [-0.25, -0.2) is 0 Å². The van der Waals surface area contributed by atoms with E-state index in [1.165, 1.54) is 6.08 Å². The summed E-state index contributed by atoms with van der Waals surface area (Å²) < 4.78 is 0. The van der Waals surface area contributed by atoms with Gasteiger partial charge in [0.15, 0.2) is 0 Å². The molecule has 35 heavy (non-hydrogen) atoms. The van der Waals surface area contributed by atoms with Gasteiger partial charge in [0.1, 0.15) is 6.29 Å². The number of hydrogen-bond donors (Lipinski definition) is 0. The number of benzene rings is 3. The van der Waals surface area contributed by atoms with Crippen LogP contribution in [0.15, 0.2) is 78.4 Å². The molecule has 3 aromatic carbocycles. The summed E-state index contributed by atoms with van der Waals surface area (Å²) in [5, 5.41) is 10.7. The molecule has 3 rings (SSSR count). The highest BCUT2D eigenvalue weighted by Crippen LogP contribution is 2.42. The number of nitriles is 1. The van der Waals surface area contributed by atoms with Crippen molar-refractivity contribution >= 4 is 40.1 Å². The highest BCUT2D eigenvalue weighted by molar-refractivity contribution is 6.50. The van der Waals surface area contributed by atoms with Crippen molar-refractivity contribution in [1.82, 2.24) is 0 Å². The number of hydrogen-bond acceptors (Lipinski definition) is 2. The van der Waals surface area contributed by atoms with Gasteiger partial charge in [0, 0.05) is 0 Å². The lowest BCUT2D eigenvalue weighted by Gasteiger charge is -2.21. The first-order valence-corrected chi connectivity index (χ1v) is 12.2. The molecule has 0 fully saturated rings. The SMILES string of the molecule is CCC(=C(/Cl)c1ccccc1C)/C(=C(\CC)c1ccc(C)cc1C#N)c1ccc(/C=C/C=O)cc1. The number of nitrogens with zero attached hydrogens (tertiary/aromatic N) is 1. The molecule has 176 valence electrons.